The summed E-state index contributed by atoms with van der Waals surface area (Å²) in [6.07, 6.45) is 7.34. The highest BCUT2D eigenvalue weighted by Gasteiger charge is 2.51. The lowest BCUT2D eigenvalue weighted by Crippen LogP contribution is -2.51. The predicted molar refractivity (Wildman–Crippen MR) is 141 cm³/mol. The Labute approximate surface area is 211 Å². The number of nitrogens with two attached hydrogens (primary N) is 1. The number of rotatable bonds is 4. The van der Waals surface area contributed by atoms with Crippen LogP contribution in [0.1, 0.15) is 93.2 Å². The van der Waals surface area contributed by atoms with Gasteiger partial charge in [0.15, 0.2) is 0 Å². The summed E-state index contributed by atoms with van der Waals surface area (Å²) < 4.78 is 1.05. The van der Waals surface area contributed by atoms with Crippen molar-refractivity contribution in [3.8, 4) is 0 Å². The monoisotopic (exact) mass is 531 g/mol. The molecule has 2 saturated carbocycles. The summed E-state index contributed by atoms with van der Waals surface area (Å²) in [6.45, 7) is 10.4. The Morgan fingerprint density at radius 1 is 1.27 bits per heavy atom. The number of fused-ring (bicyclic) bond motifs is 3. The van der Waals surface area contributed by atoms with Gasteiger partial charge < -0.3 is 10.8 Å². The third kappa shape index (κ3) is 4.83. The largest absolute Gasteiger partial charge is 0.481 e. The molecule has 5 rings (SSSR count). The number of hydrogen-bond acceptors (Lipinski definition) is 3. The smallest absolute Gasteiger partial charge is 0.307 e. The molecule has 1 aromatic heterocycles. The van der Waals surface area contributed by atoms with Crippen LogP contribution in [0.4, 0.5) is 0 Å². The first-order valence-corrected chi connectivity index (χ1v) is 14.1. The summed E-state index contributed by atoms with van der Waals surface area (Å²) in [4.78, 5) is 11.7. The Morgan fingerprint density at radius 3 is 2.61 bits per heavy atom. The summed E-state index contributed by atoms with van der Waals surface area (Å²) in [5.41, 5.74) is 11.6. The van der Waals surface area contributed by atoms with Crippen LogP contribution in [-0.2, 0) is 16.6 Å². The standard InChI is InChI=1S/C20H31N.C8H7BrO2S/c1-14(2)15-6-8-17-16(12-15)7-9-18-19(3,13-21)10-5-11-20(17,18)4;9-4-1-7(12-3-4)5-2-6(5)8(10)11/h6,8,12,14,18H,5,7,9-11,13,21H2,1-4H3;1,3,5-6H,2H2,(H,10,11)/t18-,19-,20+;5-,6-/m01/s1. The quantitative estimate of drug-likeness (QED) is 0.429. The Balaban J connectivity index is 0.000000183. The Morgan fingerprint density at radius 2 is 2.03 bits per heavy atom. The summed E-state index contributed by atoms with van der Waals surface area (Å²) >= 11 is 4.98. The van der Waals surface area contributed by atoms with Gasteiger partial charge in [0.2, 0.25) is 0 Å². The first kappa shape index (κ1) is 24.9. The number of thiophene rings is 1. The van der Waals surface area contributed by atoms with Crippen LogP contribution >= 0.6 is 27.3 Å². The van der Waals surface area contributed by atoms with Gasteiger partial charge in [0.25, 0.3) is 0 Å². The van der Waals surface area contributed by atoms with Crippen LogP contribution in [0.5, 0.6) is 0 Å². The maximum atomic E-state index is 10.5. The fraction of sp³-hybridized carbons (Fsp3) is 0.607. The molecule has 3 aliphatic rings. The molecule has 0 radical (unpaired) electrons. The van der Waals surface area contributed by atoms with Crippen LogP contribution in [0.15, 0.2) is 34.1 Å². The number of carboxylic acid groups (broad SMARTS) is 1. The average Bonchev–Trinajstić information content (AvgIpc) is 3.47. The molecule has 2 fully saturated rings. The van der Waals surface area contributed by atoms with Crippen LogP contribution in [0.25, 0.3) is 0 Å². The maximum Gasteiger partial charge on any atom is 0.307 e. The lowest BCUT2D eigenvalue weighted by molar-refractivity contribution is -0.138. The number of benzene rings is 1. The van der Waals surface area contributed by atoms with E-state index in [2.05, 4.69) is 61.8 Å². The molecule has 5 heteroatoms. The van der Waals surface area contributed by atoms with Gasteiger partial charge in [-0.05, 0) is 100 Å². The summed E-state index contributed by atoms with van der Waals surface area (Å²) in [6, 6.07) is 9.30. The number of aryl methyl sites for hydroxylation is 1. The molecule has 0 spiro atoms. The molecular formula is C28H38BrNO2S. The van der Waals surface area contributed by atoms with Crippen molar-refractivity contribution < 1.29 is 9.90 Å². The molecule has 2 aromatic rings. The Hall–Kier alpha value is -1.17. The van der Waals surface area contributed by atoms with E-state index in [9.17, 15) is 4.79 Å². The van der Waals surface area contributed by atoms with Crippen LogP contribution in [0.2, 0.25) is 0 Å². The minimum atomic E-state index is -0.662. The zero-order valence-electron chi connectivity index (χ0n) is 20.4. The molecule has 1 aromatic carbocycles. The van der Waals surface area contributed by atoms with Gasteiger partial charge in [-0.1, -0.05) is 52.3 Å². The minimum Gasteiger partial charge on any atom is -0.481 e. The highest BCUT2D eigenvalue weighted by Crippen LogP contribution is 2.57. The highest BCUT2D eigenvalue weighted by molar-refractivity contribution is 9.10. The average molecular weight is 533 g/mol. The second-order valence-electron chi connectivity index (χ2n) is 11.2. The van der Waals surface area contributed by atoms with Crippen molar-refractivity contribution >= 4 is 33.2 Å². The molecule has 33 heavy (non-hydrogen) atoms. The van der Waals surface area contributed by atoms with Crippen molar-refractivity contribution in [1.82, 2.24) is 0 Å². The molecule has 0 saturated heterocycles. The van der Waals surface area contributed by atoms with Gasteiger partial charge in [-0.3, -0.25) is 4.79 Å². The number of aliphatic carboxylic acids is 1. The number of carboxylic acids is 1. The van der Waals surface area contributed by atoms with Crippen molar-refractivity contribution in [2.24, 2.45) is 23.0 Å². The molecule has 0 bridgehead atoms. The number of hydrogen-bond donors (Lipinski definition) is 2. The highest BCUT2D eigenvalue weighted by atomic mass is 79.9. The van der Waals surface area contributed by atoms with Gasteiger partial charge in [-0.15, -0.1) is 11.3 Å². The normalized spacial score (nSPS) is 32.4. The van der Waals surface area contributed by atoms with E-state index in [0.29, 0.717) is 16.7 Å². The fourth-order valence-corrected chi connectivity index (χ4v) is 8.18. The summed E-state index contributed by atoms with van der Waals surface area (Å²) in [5.74, 6) is 0.863. The predicted octanol–water partition coefficient (Wildman–Crippen LogP) is 7.48. The SMILES string of the molecule is CC(C)c1ccc2c(c1)CC[C@H]1[C@](C)(CN)CCC[C@]21C.O=C(O)[C@@H]1C[C@H]1c1cc(Br)cs1. The lowest BCUT2D eigenvalue weighted by Gasteiger charge is -2.55. The molecule has 180 valence electrons. The Bertz CT molecular complexity index is 1020. The van der Waals surface area contributed by atoms with Gasteiger partial charge in [-0.2, -0.15) is 0 Å². The zero-order valence-corrected chi connectivity index (χ0v) is 22.8. The second-order valence-corrected chi connectivity index (χ2v) is 13.1. The van der Waals surface area contributed by atoms with Crippen LogP contribution < -0.4 is 5.73 Å². The van der Waals surface area contributed by atoms with Crippen molar-refractivity contribution in [1.29, 1.82) is 0 Å². The van der Waals surface area contributed by atoms with Gasteiger partial charge in [-0.25, -0.2) is 0 Å². The molecular weight excluding hydrogens is 494 g/mol. The van der Waals surface area contributed by atoms with Crippen molar-refractivity contribution in [3.05, 3.63) is 55.7 Å². The second kappa shape index (κ2) is 9.47. The zero-order chi connectivity index (χ0) is 24.0. The summed E-state index contributed by atoms with van der Waals surface area (Å²) in [5, 5.41) is 10.7. The molecule has 0 amide bonds. The van der Waals surface area contributed by atoms with Gasteiger partial charge in [0.05, 0.1) is 5.92 Å². The third-order valence-electron chi connectivity index (χ3n) is 8.70. The van der Waals surface area contributed by atoms with Crippen molar-refractivity contribution in [2.75, 3.05) is 6.54 Å². The van der Waals surface area contributed by atoms with E-state index in [-0.39, 0.29) is 11.8 Å². The van der Waals surface area contributed by atoms with E-state index in [0.717, 1.165) is 23.4 Å². The van der Waals surface area contributed by atoms with E-state index >= 15 is 0 Å². The van der Waals surface area contributed by atoms with Crippen LogP contribution in [0.3, 0.4) is 0 Å². The van der Waals surface area contributed by atoms with Crippen molar-refractivity contribution in [2.45, 2.75) is 83.5 Å². The van der Waals surface area contributed by atoms with E-state index in [4.69, 9.17) is 10.8 Å². The Kier molecular flexibility index (Phi) is 7.15. The minimum absolute atomic E-state index is 0.129. The van der Waals surface area contributed by atoms with Crippen molar-refractivity contribution in [3.63, 3.8) is 0 Å². The van der Waals surface area contributed by atoms with E-state index in [1.165, 1.54) is 42.5 Å². The topological polar surface area (TPSA) is 63.3 Å². The molecule has 0 aliphatic heterocycles. The number of halogens is 1. The maximum absolute atomic E-state index is 10.5. The molecule has 1 heterocycles. The lowest BCUT2D eigenvalue weighted by atomic mass is 9.50. The summed E-state index contributed by atoms with van der Waals surface area (Å²) in [7, 11) is 0. The number of carbonyl (C=O) groups is 1. The third-order valence-corrected chi connectivity index (χ3v) is 10.5. The molecule has 3 N–H and O–H groups in total. The van der Waals surface area contributed by atoms with E-state index < -0.39 is 5.97 Å². The molecule has 3 nitrogen and oxygen atoms in total. The molecule has 3 aliphatic carbocycles. The molecule has 0 unspecified atom stereocenters. The van der Waals surface area contributed by atoms with Crippen LogP contribution in [-0.4, -0.2) is 17.6 Å². The first-order valence-electron chi connectivity index (χ1n) is 12.4. The van der Waals surface area contributed by atoms with E-state index in [1.54, 1.807) is 22.5 Å². The fourth-order valence-electron chi connectivity index (χ4n) is 6.55. The van der Waals surface area contributed by atoms with Gasteiger partial charge in [0, 0.05) is 20.6 Å². The van der Waals surface area contributed by atoms with Crippen LogP contribution in [0, 0.1) is 17.3 Å². The van der Waals surface area contributed by atoms with Gasteiger partial charge >= 0.3 is 5.97 Å². The van der Waals surface area contributed by atoms with E-state index in [1.807, 2.05) is 11.4 Å². The molecule has 5 atom stereocenters. The van der Waals surface area contributed by atoms with Gasteiger partial charge in [0.1, 0.15) is 0 Å². The first-order chi connectivity index (χ1) is 15.6.